The molecule has 0 aromatic carbocycles. The maximum atomic E-state index is 12.3. The van der Waals surface area contributed by atoms with Gasteiger partial charge < -0.3 is 14.8 Å². The van der Waals surface area contributed by atoms with Crippen LogP contribution in [0.15, 0.2) is 29.9 Å². The Balaban J connectivity index is 1.76. The van der Waals surface area contributed by atoms with Crippen LogP contribution in [-0.2, 0) is 11.3 Å². The third-order valence-electron chi connectivity index (χ3n) is 4.17. The molecule has 1 atom stereocenters. The molecule has 1 aliphatic rings. The predicted octanol–water partition coefficient (Wildman–Crippen LogP) is 2.90. The first-order chi connectivity index (χ1) is 12.6. The number of H-pyrrole nitrogens is 1. The predicted molar refractivity (Wildman–Crippen MR) is 99.2 cm³/mol. The number of nitrogens with one attached hydrogen (secondary N) is 3. The Hall–Kier alpha value is -2.87. The molecule has 3 rings (SSSR count). The zero-order chi connectivity index (χ0) is 18.5. The molecular formula is C18H23N5O3. The second-order valence-corrected chi connectivity index (χ2v) is 6.05. The lowest BCUT2D eigenvalue weighted by atomic mass is 10.0. The lowest BCUT2D eigenvalue weighted by molar-refractivity contribution is 0.182. The average Bonchev–Trinajstić information content (AvgIpc) is 3.06. The molecule has 3 N–H and O–H groups in total. The summed E-state index contributed by atoms with van der Waals surface area (Å²) in [5.74, 6) is 0.855. The van der Waals surface area contributed by atoms with Crippen LogP contribution in [0.5, 0.6) is 5.88 Å². The lowest BCUT2D eigenvalue weighted by Gasteiger charge is -2.17. The van der Waals surface area contributed by atoms with Crippen LogP contribution in [0.25, 0.3) is 10.9 Å². The first kappa shape index (κ1) is 17.9. The number of methoxy groups -OCH3 is 2. The number of urea groups is 1. The lowest BCUT2D eigenvalue weighted by Crippen LogP contribution is -2.37. The normalized spacial score (nSPS) is 14.8. The highest BCUT2D eigenvalue weighted by Gasteiger charge is 2.16. The number of aromatic nitrogens is 3. The van der Waals surface area contributed by atoms with E-state index in [-0.39, 0.29) is 18.7 Å². The molecule has 0 radical (unpaired) electrons. The van der Waals surface area contributed by atoms with Crippen LogP contribution in [0.3, 0.4) is 0 Å². The van der Waals surface area contributed by atoms with Gasteiger partial charge in [0.05, 0.1) is 36.4 Å². The molecule has 0 spiro atoms. The van der Waals surface area contributed by atoms with Gasteiger partial charge in [0.1, 0.15) is 5.82 Å². The van der Waals surface area contributed by atoms with Gasteiger partial charge in [-0.15, -0.1) is 5.10 Å². The van der Waals surface area contributed by atoms with E-state index in [4.69, 9.17) is 9.47 Å². The fraction of sp³-hybridized carbons (Fsp3) is 0.389. The van der Waals surface area contributed by atoms with Crippen LogP contribution in [0, 0.1) is 0 Å². The van der Waals surface area contributed by atoms with Crippen molar-refractivity contribution in [1.82, 2.24) is 20.5 Å². The van der Waals surface area contributed by atoms with E-state index in [2.05, 4.69) is 38.0 Å². The molecular weight excluding hydrogens is 334 g/mol. The molecule has 0 saturated carbocycles. The largest absolute Gasteiger partial charge is 0.479 e. The monoisotopic (exact) mass is 357 g/mol. The van der Waals surface area contributed by atoms with Gasteiger partial charge in [-0.1, -0.05) is 18.2 Å². The average molecular weight is 357 g/mol. The van der Waals surface area contributed by atoms with Crippen LogP contribution in [0.2, 0.25) is 0 Å². The summed E-state index contributed by atoms with van der Waals surface area (Å²) in [7, 11) is 3.13. The summed E-state index contributed by atoms with van der Waals surface area (Å²) in [6, 6.07) is 1.31. The number of fused-ring (bicyclic) bond motifs is 1. The van der Waals surface area contributed by atoms with Crippen molar-refractivity contribution < 1.29 is 14.3 Å². The van der Waals surface area contributed by atoms with Gasteiger partial charge in [-0.3, -0.25) is 10.4 Å². The van der Waals surface area contributed by atoms with Crippen molar-refractivity contribution in [3.63, 3.8) is 0 Å². The zero-order valence-electron chi connectivity index (χ0n) is 15.1. The van der Waals surface area contributed by atoms with Gasteiger partial charge in [0, 0.05) is 13.2 Å². The Morgan fingerprint density at radius 3 is 2.92 bits per heavy atom. The van der Waals surface area contributed by atoms with Crippen LogP contribution < -0.4 is 15.4 Å². The van der Waals surface area contributed by atoms with Gasteiger partial charge in [0.2, 0.25) is 5.88 Å². The topological polar surface area (TPSA) is 101 Å². The second-order valence-electron chi connectivity index (χ2n) is 6.05. The van der Waals surface area contributed by atoms with Crippen molar-refractivity contribution in [2.24, 2.45) is 0 Å². The number of ether oxygens (including phenoxy) is 2. The van der Waals surface area contributed by atoms with Gasteiger partial charge >= 0.3 is 6.03 Å². The zero-order valence-corrected chi connectivity index (χ0v) is 15.1. The third kappa shape index (κ3) is 3.85. The number of pyridine rings is 1. The second kappa shape index (κ2) is 8.01. The number of carbonyl (C=O) groups excluding carboxylic acids is 1. The minimum Gasteiger partial charge on any atom is -0.479 e. The minimum absolute atomic E-state index is 0.0824. The summed E-state index contributed by atoms with van der Waals surface area (Å²) in [6.07, 6.45) is 8.35. The van der Waals surface area contributed by atoms with Gasteiger partial charge in [-0.25, -0.2) is 9.78 Å². The molecule has 0 bridgehead atoms. The standard InChI is InChI=1S/C18H23N5O3/c1-11(12-7-5-4-6-8-12)19-18(24)21-15-9-13-16(14(20-15)10-25-2)17(26-3)23-22-13/h5,7-9,11H,4,6,10H2,1-3H3,(H,22,23)(H2,19,20,21,24). The molecule has 1 unspecified atom stereocenters. The van der Waals surface area contributed by atoms with Crippen molar-refractivity contribution in [2.45, 2.75) is 32.4 Å². The van der Waals surface area contributed by atoms with E-state index in [1.54, 1.807) is 20.3 Å². The summed E-state index contributed by atoms with van der Waals surface area (Å²) in [6.45, 7) is 2.23. The smallest absolute Gasteiger partial charge is 0.320 e. The number of hydrogen-bond donors (Lipinski definition) is 3. The van der Waals surface area contributed by atoms with Crippen molar-refractivity contribution >= 4 is 22.8 Å². The highest BCUT2D eigenvalue weighted by Crippen LogP contribution is 2.27. The van der Waals surface area contributed by atoms with Crippen molar-refractivity contribution in [3.8, 4) is 5.88 Å². The van der Waals surface area contributed by atoms with E-state index >= 15 is 0 Å². The Bertz CT molecular complexity index is 856. The van der Waals surface area contributed by atoms with Gasteiger partial charge in [0.15, 0.2) is 0 Å². The van der Waals surface area contributed by atoms with Crippen molar-refractivity contribution in [1.29, 1.82) is 0 Å². The van der Waals surface area contributed by atoms with E-state index in [1.165, 1.54) is 0 Å². The SMILES string of the molecule is COCc1nc(NC(=O)NC(C)C2=CCCC=C2)cc2[nH]nc(OC)c12. The summed E-state index contributed by atoms with van der Waals surface area (Å²) < 4.78 is 10.5. The van der Waals surface area contributed by atoms with Gasteiger partial charge in [-0.2, -0.15) is 0 Å². The number of amides is 2. The summed E-state index contributed by atoms with van der Waals surface area (Å²) >= 11 is 0. The number of anilines is 1. The molecule has 1 aliphatic carbocycles. The van der Waals surface area contributed by atoms with E-state index in [0.29, 0.717) is 22.9 Å². The Kier molecular flexibility index (Phi) is 5.52. The third-order valence-corrected chi connectivity index (χ3v) is 4.17. The molecule has 2 aromatic heterocycles. The number of aromatic amines is 1. The minimum atomic E-state index is -0.320. The maximum absolute atomic E-state index is 12.3. The molecule has 0 fully saturated rings. The number of rotatable bonds is 6. The number of carbonyl (C=O) groups is 1. The summed E-state index contributed by atoms with van der Waals surface area (Å²) in [4.78, 5) is 16.8. The fourth-order valence-corrected chi connectivity index (χ4v) is 2.93. The first-order valence-corrected chi connectivity index (χ1v) is 8.47. The quantitative estimate of drug-likeness (QED) is 0.738. The highest BCUT2D eigenvalue weighted by atomic mass is 16.5. The van der Waals surface area contributed by atoms with E-state index in [0.717, 1.165) is 23.8 Å². The maximum Gasteiger partial charge on any atom is 0.320 e. The number of nitrogens with zero attached hydrogens (tertiary/aromatic N) is 2. The highest BCUT2D eigenvalue weighted by molar-refractivity contribution is 5.93. The number of hydrogen-bond acceptors (Lipinski definition) is 5. The molecule has 2 heterocycles. The summed E-state index contributed by atoms with van der Waals surface area (Å²) in [5.41, 5.74) is 2.45. The Morgan fingerprint density at radius 2 is 2.23 bits per heavy atom. The Labute approximate surface area is 151 Å². The van der Waals surface area contributed by atoms with Crippen LogP contribution in [0.4, 0.5) is 10.6 Å². The fourth-order valence-electron chi connectivity index (χ4n) is 2.93. The molecule has 2 aromatic rings. The van der Waals surface area contributed by atoms with E-state index < -0.39 is 0 Å². The Morgan fingerprint density at radius 1 is 1.38 bits per heavy atom. The summed E-state index contributed by atoms with van der Waals surface area (Å²) in [5, 5.41) is 13.4. The molecule has 8 heteroatoms. The molecule has 26 heavy (non-hydrogen) atoms. The van der Waals surface area contributed by atoms with Crippen molar-refractivity contribution in [3.05, 3.63) is 35.6 Å². The molecule has 0 saturated heterocycles. The van der Waals surface area contributed by atoms with Crippen LogP contribution >= 0.6 is 0 Å². The van der Waals surface area contributed by atoms with Crippen molar-refractivity contribution in [2.75, 3.05) is 19.5 Å². The van der Waals surface area contributed by atoms with Crippen LogP contribution in [-0.4, -0.2) is 41.5 Å². The molecule has 0 aliphatic heterocycles. The van der Waals surface area contributed by atoms with Gasteiger partial charge in [-0.05, 0) is 25.3 Å². The molecule has 2 amide bonds. The van der Waals surface area contributed by atoms with E-state index in [1.807, 2.05) is 13.0 Å². The molecule has 138 valence electrons. The molecule has 8 nitrogen and oxygen atoms in total. The first-order valence-electron chi connectivity index (χ1n) is 8.47. The van der Waals surface area contributed by atoms with Crippen LogP contribution in [0.1, 0.15) is 25.5 Å². The number of allylic oxidation sites excluding steroid dienone is 2. The van der Waals surface area contributed by atoms with Gasteiger partial charge in [0.25, 0.3) is 0 Å². The van der Waals surface area contributed by atoms with E-state index in [9.17, 15) is 4.79 Å².